The van der Waals surface area contributed by atoms with Crippen molar-refractivity contribution in [1.82, 2.24) is 9.88 Å². The number of benzene rings is 2. The normalized spacial score (nSPS) is 15.2. The number of nitrogens with zero attached hydrogens (tertiary/aromatic N) is 2. The number of likely N-dealkylation sites (tertiary alicyclic amines) is 1. The Morgan fingerprint density at radius 1 is 1.15 bits per heavy atom. The van der Waals surface area contributed by atoms with Gasteiger partial charge in [-0.2, -0.15) is 4.98 Å². The number of rotatable bonds is 5. The maximum atomic E-state index is 13.8. The first kappa shape index (κ1) is 17.9. The van der Waals surface area contributed by atoms with Gasteiger partial charge in [-0.1, -0.05) is 47.7 Å². The third kappa shape index (κ3) is 4.27. The lowest BCUT2D eigenvalue weighted by Crippen LogP contribution is -2.41. The van der Waals surface area contributed by atoms with Crippen molar-refractivity contribution >= 4 is 27.5 Å². The van der Waals surface area contributed by atoms with E-state index in [4.69, 9.17) is 4.74 Å². The zero-order chi connectivity index (χ0) is 18.6. The summed E-state index contributed by atoms with van der Waals surface area (Å²) in [5.41, 5.74) is 1.55. The molecule has 6 heteroatoms. The smallest absolute Gasteiger partial charge is 0.274 e. The summed E-state index contributed by atoms with van der Waals surface area (Å²) in [7, 11) is 0. The second-order valence-corrected chi connectivity index (χ2v) is 7.74. The first-order valence-electron chi connectivity index (χ1n) is 9.22. The first-order chi connectivity index (χ1) is 13.2. The summed E-state index contributed by atoms with van der Waals surface area (Å²) in [6, 6.07) is 15.0. The fourth-order valence-corrected chi connectivity index (χ4v) is 4.26. The number of aryl methyl sites for hydroxylation is 1. The number of thiazole rings is 1. The van der Waals surface area contributed by atoms with Crippen molar-refractivity contribution in [3.8, 4) is 5.19 Å². The minimum atomic E-state index is -0.322. The zero-order valence-electron chi connectivity index (χ0n) is 14.9. The molecule has 0 aliphatic carbocycles. The minimum Gasteiger partial charge on any atom is -0.467 e. The van der Waals surface area contributed by atoms with Crippen LogP contribution in [0.25, 0.3) is 10.2 Å². The highest BCUT2D eigenvalue weighted by Gasteiger charge is 2.24. The van der Waals surface area contributed by atoms with Gasteiger partial charge in [0.25, 0.3) is 5.19 Å². The van der Waals surface area contributed by atoms with E-state index in [0.29, 0.717) is 30.2 Å². The van der Waals surface area contributed by atoms with Crippen molar-refractivity contribution in [2.75, 3.05) is 13.1 Å². The van der Waals surface area contributed by atoms with E-state index in [1.807, 2.05) is 41.3 Å². The summed E-state index contributed by atoms with van der Waals surface area (Å²) in [6.45, 7) is 1.38. The summed E-state index contributed by atoms with van der Waals surface area (Å²) in [5.74, 6) is -0.128. The molecule has 1 aliphatic rings. The van der Waals surface area contributed by atoms with Gasteiger partial charge in [0.05, 0.1) is 4.70 Å². The van der Waals surface area contributed by atoms with Gasteiger partial charge in [-0.05, 0) is 24.1 Å². The molecule has 1 aromatic heterocycles. The third-order valence-corrected chi connectivity index (χ3v) is 5.79. The van der Waals surface area contributed by atoms with Crippen LogP contribution in [0.2, 0.25) is 0 Å². The van der Waals surface area contributed by atoms with Gasteiger partial charge in [-0.15, -0.1) is 0 Å². The van der Waals surface area contributed by atoms with Crippen LogP contribution < -0.4 is 4.74 Å². The highest BCUT2D eigenvalue weighted by atomic mass is 32.1. The molecule has 3 aromatic rings. The average Bonchev–Trinajstić information content (AvgIpc) is 3.11. The van der Waals surface area contributed by atoms with Crippen LogP contribution in [0.4, 0.5) is 4.39 Å². The Morgan fingerprint density at radius 3 is 2.67 bits per heavy atom. The maximum absolute atomic E-state index is 13.8. The quantitative estimate of drug-likeness (QED) is 0.653. The Bertz CT molecular complexity index is 920. The average molecular weight is 384 g/mol. The number of piperidine rings is 1. The van der Waals surface area contributed by atoms with Crippen LogP contribution in [-0.4, -0.2) is 35.0 Å². The lowest BCUT2D eigenvalue weighted by Gasteiger charge is -2.31. The number of fused-ring (bicyclic) bond motifs is 1. The lowest BCUT2D eigenvalue weighted by atomic mass is 10.1. The number of hydrogen-bond donors (Lipinski definition) is 0. The number of ether oxygens (including phenoxy) is 1. The summed E-state index contributed by atoms with van der Waals surface area (Å²) >= 11 is 1.36. The van der Waals surface area contributed by atoms with Crippen molar-refractivity contribution in [2.24, 2.45) is 0 Å². The molecular formula is C21H21FN2O2S. The predicted molar refractivity (Wildman–Crippen MR) is 105 cm³/mol. The van der Waals surface area contributed by atoms with Crippen molar-refractivity contribution in [1.29, 1.82) is 0 Å². The van der Waals surface area contributed by atoms with E-state index in [1.54, 1.807) is 6.07 Å². The van der Waals surface area contributed by atoms with Gasteiger partial charge in [0.15, 0.2) is 0 Å². The Kier molecular flexibility index (Phi) is 5.34. The molecule has 0 atom stereocenters. The molecule has 0 unspecified atom stereocenters. The molecule has 0 saturated carbocycles. The third-order valence-electron chi connectivity index (χ3n) is 4.88. The first-order valence-corrected chi connectivity index (χ1v) is 10.0. The van der Waals surface area contributed by atoms with E-state index in [-0.39, 0.29) is 17.8 Å². The highest BCUT2D eigenvalue weighted by Crippen LogP contribution is 2.31. The molecule has 0 bridgehead atoms. The summed E-state index contributed by atoms with van der Waals surface area (Å²) in [5, 5.41) is 0.504. The molecule has 2 heterocycles. The number of carbonyl (C=O) groups excluding carboxylic acids is 1. The molecule has 27 heavy (non-hydrogen) atoms. The van der Waals surface area contributed by atoms with Gasteiger partial charge in [-0.3, -0.25) is 4.79 Å². The van der Waals surface area contributed by atoms with Gasteiger partial charge in [-0.25, -0.2) is 4.39 Å². The van der Waals surface area contributed by atoms with E-state index in [2.05, 4.69) is 4.98 Å². The standard InChI is InChI=1S/C21H21FN2O2S/c22-17-7-4-8-18-20(17)23-21(27-18)26-16-11-13-24(14-12-16)19(25)10-9-15-5-2-1-3-6-15/h1-8,16H,9-14H2. The number of halogens is 1. The predicted octanol–water partition coefficient (Wildman–Crippen LogP) is 4.44. The van der Waals surface area contributed by atoms with Gasteiger partial charge >= 0.3 is 0 Å². The van der Waals surface area contributed by atoms with Crippen LogP contribution in [0.1, 0.15) is 24.8 Å². The van der Waals surface area contributed by atoms with Gasteiger partial charge in [0.1, 0.15) is 17.4 Å². The molecule has 1 saturated heterocycles. The van der Waals surface area contributed by atoms with E-state index in [9.17, 15) is 9.18 Å². The summed E-state index contributed by atoms with van der Waals surface area (Å²) in [6.07, 6.45) is 2.87. The van der Waals surface area contributed by atoms with Crippen LogP contribution in [0.5, 0.6) is 5.19 Å². The van der Waals surface area contributed by atoms with E-state index in [1.165, 1.54) is 23.0 Å². The summed E-state index contributed by atoms with van der Waals surface area (Å²) < 4.78 is 20.5. The number of aromatic nitrogens is 1. The number of carbonyl (C=O) groups is 1. The van der Waals surface area contributed by atoms with E-state index in [0.717, 1.165) is 24.0 Å². The Balaban J connectivity index is 1.28. The van der Waals surface area contributed by atoms with Gasteiger partial charge in [0, 0.05) is 32.4 Å². The SMILES string of the molecule is O=C(CCc1ccccc1)N1CCC(Oc2nc3c(F)cccc3s2)CC1. The molecule has 2 aromatic carbocycles. The zero-order valence-corrected chi connectivity index (χ0v) is 15.8. The molecule has 1 aliphatic heterocycles. The molecule has 4 nitrogen and oxygen atoms in total. The topological polar surface area (TPSA) is 42.4 Å². The lowest BCUT2D eigenvalue weighted by molar-refractivity contribution is -0.132. The molecule has 140 valence electrons. The van der Waals surface area contributed by atoms with Crippen molar-refractivity contribution in [2.45, 2.75) is 31.8 Å². The molecule has 4 rings (SSSR count). The van der Waals surface area contributed by atoms with Crippen LogP contribution in [0.3, 0.4) is 0 Å². The largest absolute Gasteiger partial charge is 0.467 e. The second-order valence-electron chi connectivity index (χ2n) is 6.75. The molecule has 0 spiro atoms. The molecule has 1 amide bonds. The van der Waals surface area contributed by atoms with Crippen LogP contribution in [-0.2, 0) is 11.2 Å². The van der Waals surface area contributed by atoms with Gasteiger partial charge in [0.2, 0.25) is 5.91 Å². The Labute approximate surface area is 161 Å². The Morgan fingerprint density at radius 2 is 1.93 bits per heavy atom. The number of hydrogen-bond acceptors (Lipinski definition) is 4. The number of amides is 1. The second kappa shape index (κ2) is 8.05. The minimum absolute atomic E-state index is 0.0202. The van der Waals surface area contributed by atoms with Gasteiger partial charge < -0.3 is 9.64 Å². The molecule has 0 N–H and O–H groups in total. The van der Waals surface area contributed by atoms with Crippen molar-refractivity contribution in [3.05, 3.63) is 59.9 Å². The van der Waals surface area contributed by atoms with Crippen LogP contribution >= 0.6 is 11.3 Å². The van der Waals surface area contributed by atoms with E-state index < -0.39 is 0 Å². The van der Waals surface area contributed by atoms with Crippen LogP contribution in [0.15, 0.2) is 48.5 Å². The number of para-hydroxylation sites is 1. The molecule has 1 fully saturated rings. The molecular weight excluding hydrogens is 363 g/mol. The van der Waals surface area contributed by atoms with Crippen LogP contribution in [0, 0.1) is 5.82 Å². The van der Waals surface area contributed by atoms with Crippen molar-refractivity contribution in [3.63, 3.8) is 0 Å². The highest BCUT2D eigenvalue weighted by molar-refractivity contribution is 7.20. The molecule has 0 radical (unpaired) electrons. The fourth-order valence-electron chi connectivity index (χ4n) is 3.36. The fraction of sp³-hybridized carbons (Fsp3) is 0.333. The Hall–Kier alpha value is -2.47. The van der Waals surface area contributed by atoms with Crippen molar-refractivity contribution < 1.29 is 13.9 Å². The monoisotopic (exact) mass is 384 g/mol. The summed E-state index contributed by atoms with van der Waals surface area (Å²) in [4.78, 5) is 18.6. The van der Waals surface area contributed by atoms with E-state index >= 15 is 0 Å². The maximum Gasteiger partial charge on any atom is 0.274 e.